The van der Waals surface area contributed by atoms with Crippen molar-refractivity contribution < 1.29 is 5.11 Å². The van der Waals surface area contributed by atoms with Crippen molar-refractivity contribution >= 4 is 0 Å². The Hall–Kier alpha value is -1.36. The maximum atomic E-state index is 11.4. The highest BCUT2D eigenvalue weighted by atomic mass is 16.2. The Balaban J connectivity index is 2.51. The molecule has 16 heavy (non-hydrogen) atoms. The summed E-state index contributed by atoms with van der Waals surface area (Å²) in [5.41, 5.74) is -0.116. The first-order valence-corrected chi connectivity index (χ1v) is 5.56. The molecule has 5 heteroatoms. The summed E-state index contributed by atoms with van der Waals surface area (Å²) in [6.07, 6.45) is 5.22. The van der Waals surface area contributed by atoms with E-state index >= 15 is 0 Å². The van der Waals surface area contributed by atoms with E-state index < -0.39 is 0 Å². The molecular formula is C11H18N2O3. The molecule has 1 heterocycles. The van der Waals surface area contributed by atoms with Gasteiger partial charge in [0, 0.05) is 24.9 Å². The molecule has 0 fully saturated rings. The number of nitrogens with one attached hydrogen (secondary N) is 1. The van der Waals surface area contributed by atoms with Gasteiger partial charge < -0.3 is 9.67 Å². The summed E-state index contributed by atoms with van der Waals surface area (Å²) in [6, 6.07) is 0. The zero-order valence-corrected chi connectivity index (χ0v) is 9.53. The molecule has 0 saturated carbocycles. The van der Waals surface area contributed by atoms with Gasteiger partial charge in [0.15, 0.2) is 0 Å². The highest BCUT2D eigenvalue weighted by molar-refractivity contribution is 5.00. The van der Waals surface area contributed by atoms with E-state index in [9.17, 15) is 9.59 Å². The van der Waals surface area contributed by atoms with Gasteiger partial charge in [0.2, 0.25) is 0 Å². The Bertz CT molecular complexity index is 434. The number of aromatic nitrogens is 2. The van der Waals surface area contributed by atoms with Crippen LogP contribution in [0.2, 0.25) is 0 Å². The lowest BCUT2D eigenvalue weighted by atomic mass is 10.2. The second kappa shape index (κ2) is 6.27. The molecule has 1 aromatic heterocycles. The van der Waals surface area contributed by atoms with Crippen LogP contribution in [0.3, 0.4) is 0 Å². The van der Waals surface area contributed by atoms with Gasteiger partial charge in [-0.2, -0.15) is 0 Å². The third-order valence-corrected chi connectivity index (χ3v) is 2.50. The minimum Gasteiger partial charge on any atom is -0.396 e. The largest absolute Gasteiger partial charge is 0.396 e. The van der Waals surface area contributed by atoms with Crippen molar-refractivity contribution in [3.8, 4) is 0 Å². The van der Waals surface area contributed by atoms with E-state index in [0.29, 0.717) is 12.1 Å². The zero-order valence-electron chi connectivity index (χ0n) is 9.53. The molecule has 0 spiro atoms. The average Bonchev–Trinajstić information content (AvgIpc) is 2.25. The van der Waals surface area contributed by atoms with Crippen molar-refractivity contribution in [3.05, 3.63) is 32.6 Å². The second-order valence-corrected chi connectivity index (χ2v) is 3.90. The molecule has 5 nitrogen and oxygen atoms in total. The lowest BCUT2D eigenvalue weighted by Crippen LogP contribution is -2.30. The van der Waals surface area contributed by atoms with Crippen LogP contribution in [0.15, 0.2) is 15.8 Å². The van der Waals surface area contributed by atoms with Crippen LogP contribution in [0.25, 0.3) is 0 Å². The third-order valence-electron chi connectivity index (χ3n) is 2.50. The van der Waals surface area contributed by atoms with Crippen LogP contribution in [-0.2, 0) is 6.54 Å². The summed E-state index contributed by atoms with van der Waals surface area (Å²) in [7, 11) is 0. The van der Waals surface area contributed by atoms with Gasteiger partial charge in [-0.15, -0.1) is 0 Å². The Kier molecular flexibility index (Phi) is 4.98. The van der Waals surface area contributed by atoms with Crippen LogP contribution in [0.4, 0.5) is 0 Å². The van der Waals surface area contributed by atoms with Crippen molar-refractivity contribution in [1.82, 2.24) is 9.55 Å². The topological polar surface area (TPSA) is 75.1 Å². The second-order valence-electron chi connectivity index (χ2n) is 3.90. The lowest BCUT2D eigenvalue weighted by Gasteiger charge is -2.05. The number of nitrogens with zero attached hydrogens (tertiary/aromatic N) is 1. The Morgan fingerprint density at radius 2 is 1.94 bits per heavy atom. The summed E-state index contributed by atoms with van der Waals surface area (Å²) in [4.78, 5) is 24.8. The number of hydrogen-bond donors (Lipinski definition) is 2. The van der Waals surface area contributed by atoms with Gasteiger partial charge in [-0.1, -0.05) is 12.8 Å². The van der Waals surface area contributed by atoms with E-state index in [1.165, 1.54) is 4.57 Å². The first kappa shape index (κ1) is 12.7. The minimum atomic E-state index is -0.349. The smallest absolute Gasteiger partial charge is 0.328 e. The molecule has 0 aliphatic rings. The third kappa shape index (κ3) is 3.66. The van der Waals surface area contributed by atoms with Gasteiger partial charge in [0.25, 0.3) is 5.56 Å². The van der Waals surface area contributed by atoms with Crippen LogP contribution in [-0.4, -0.2) is 21.3 Å². The summed E-state index contributed by atoms with van der Waals surface area (Å²) in [6.45, 7) is 2.51. The maximum Gasteiger partial charge on any atom is 0.328 e. The number of rotatable bonds is 6. The molecule has 0 aliphatic carbocycles. The fraction of sp³-hybridized carbons (Fsp3) is 0.636. The molecule has 90 valence electrons. The summed E-state index contributed by atoms with van der Waals surface area (Å²) in [5, 5.41) is 8.60. The van der Waals surface area contributed by atoms with Crippen LogP contribution in [0, 0.1) is 6.92 Å². The summed E-state index contributed by atoms with van der Waals surface area (Å²) >= 11 is 0. The summed E-state index contributed by atoms with van der Waals surface area (Å²) < 4.78 is 1.52. The molecule has 1 rings (SSSR count). The monoisotopic (exact) mass is 226 g/mol. The Morgan fingerprint density at radius 1 is 1.25 bits per heavy atom. The van der Waals surface area contributed by atoms with Gasteiger partial charge in [-0.05, 0) is 19.8 Å². The SMILES string of the molecule is Cc1cn(CCCCCCO)c(=O)[nH]c1=O. The number of aromatic amines is 1. The van der Waals surface area contributed by atoms with Gasteiger partial charge in [0.05, 0.1) is 0 Å². The van der Waals surface area contributed by atoms with Gasteiger partial charge in [-0.25, -0.2) is 4.79 Å². The maximum absolute atomic E-state index is 11.4. The highest BCUT2D eigenvalue weighted by Gasteiger charge is 2.00. The zero-order chi connectivity index (χ0) is 12.0. The minimum absolute atomic E-state index is 0.220. The first-order valence-electron chi connectivity index (χ1n) is 5.56. The molecule has 0 atom stereocenters. The molecule has 0 radical (unpaired) electrons. The molecule has 0 unspecified atom stereocenters. The molecule has 0 amide bonds. The fourth-order valence-corrected chi connectivity index (χ4v) is 1.53. The highest BCUT2D eigenvalue weighted by Crippen LogP contribution is 2.00. The molecule has 0 aromatic carbocycles. The quantitative estimate of drug-likeness (QED) is 0.689. The van der Waals surface area contributed by atoms with Crippen molar-refractivity contribution in [2.75, 3.05) is 6.61 Å². The van der Waals surface area contributed by atoms with E-state index in [-0.39, 0.29) is 17.9 Å². The van der Waals surface area contributed by atoms with Crippen molar-refractivity contribution in [3.63, 3.8) is 0 Å². The predicted octanol–water partition coefficient (Wildman–Crippen LogP) is 0.398. The van der Waals surface area contributed by atoms with Crippen molar-refractivity contribution in [2.45, 2.75) is 39.2 Å². The van der Waals surface area contributed by atoms with E-state index in [0.717, 1.165) is 25.7 Å². The Labute approximate surface area is 93.8 Å². The van der Waals surface area contributed by atoms with Crippen LogP contribution in [0.5, 0.6) is 0 Å². The fourth-order valence-electron chi connectivity index (χ4n) is 1.53. The number of aliphatic hydroxyl groups is 1. The van der Waals surface area contributed by atoms with Gasteiger partial charge in [-0.3, -0.25) is 9.78 Å². The lowest BCUT2D eigenvalue weighted by molar-refractivity contribution is 0.282. The Morgan fingerprint density at radius 3 is 2.62 bits per heavy atom. The standard InChI is InChI=1S/C11H18N2O3/c1-9-8-13(11(16)12-10(9)15)6-4-2-3-5-7-14/h8,14H,2-7H2,1H3,(H,12,15,16). The predicted molar refractivity (Wildman–Crippen MR) is 61.6 cm³/mol. The van der Waals surface area contributed by atoms with E-state index in [1.54, 1.807) is 13.1 Å². The number of hydrogen-bond acceptors (Lipinski definition) is 3. The van der Waals surface area contributed by atoms with Gasteiger partial charge >= 0.3 is 5.69 Å². The first-order chi connectivity index (χ1) is 7.65. The molecule has 0 bridgehead atoms. The molecule has 0 saturated heterocycles. The molecule has 0 aliphatic heterocycles. The van der Waals surface area contributed by atoms with Crippen molar-refractivity contribution in [2.24, 2.45) is 0 Å². The number of aliphatic hydroxyl groups excluding tert-OH is 1. The number of H-pyrrole nitrogens is 1. The molecule has 2 N–H and O–H groups in total. The average molecular weight is 226 g/mol. The van der Waals surface area contributed by atoms with E-state index in [4.69, 9.17) is 5.11 Å². The van der Waals surface area contributed by atoms with E-state index in [2.05, 4.69) is 4.98 Å². The molecule has 1 aromatic rings. The van der Waals surface area contributed by atoms with Crippen LogP contribution in [0.1, 0.15) is 31.2 Å². The number of unbranched alkanes of at least 4 members (excludes halogenated alkanes) is 3. The summed E-state index contributed by atoms with van der Waals surface area (Å²) in [5.74, 6) is 0. The van der Waals surface area contributed by atoms with Gasteiger partial charge in [0.1, 0.15) is 0 Å². The van der Waals surface area contributed by atoms with Crippen molar-refractivity contribution in [1.29, 1.82) is 0 Å². The normalized spacial score (nSPS) is 10.6. The molecular weight excluding hydrogens is 208 g/mol. The van der Waals surface area contributed by atoms with Crippen LogP contribution < -0.4 is 11.2 Å². The van der Waals surface area contributed by atoms with E-state index in [1.807, 2.05) is 0 Å². The van der Waals surface area contributed by atoms with Crippen LogP contribution >= 0.6 is 0 Å². The number of aryl methyl sites for hydroxylation is 2.